The van der Waals surface area contributed by atoms with Crippen LogP contribution >= 0.6 is 11.6 Å². The van der Waals surface area contributed by atoms with Gasteiger partial charge in [0.1, 0.15) is 22.6 Å². The average molecular weight is 379 g/mol. The topological polar surface area (TPSA) is 74.6 Å². The average Bonchev–Trinajstić information content (AvgIpc) is 2.54. The summed E-state index contributed by atoms with van der Waals surface area (Å²) in [5, 5.41) is 25.7. The summed E-state index contributed by atoms with van der Waals surface area (Å²) < 4.78 is 6.10. The molecule has 5 nitrogen and oxygen atoms in total. The fraction of sp³-hybridized carbons (Fsp3) is 0.550. The smallest absolute Gasteiger partial charge is 0.131 e. The Morgan fingerprint density at radius 3 is 2.77 bits per heavy atom. The highest BCUT2D eigenvalue weighted by Gasteiger charge is 2.43. The summed E-state index contributed by atoms with van der Waals surface area (Å²) in [6, 6.07) is 5.36. The van der Waals surface area contributed by atoms with Crippen LogP contribution in [-0.4, -0.2) is 39.6 Å². The van der Waals surface area contributed by atoms with E-state index < -0.39 is 17.8 Å². The molecule has 26 heavy (non-hydrogen) atoms. The first-order valence-electron chi connectivity index (χ1n) is 9.12. The van der Waals surface area contributed by atoms with Crippen LogP contribution < -0.4 is 10.1 Å². The summed E-state index contributed by atoms with van der Waals surface area (Å²) in [4.78, 5) is 4.42. The van der Waals surface area contributed by atoms with Gasteiger partial charge >= 0.3 is 0 Å². The molecule has 0 radical (unpaired) electrons. The SMILES string of the molecule is CCCC(O)CN[C@H]1c2cc3nc(Cl)cc(C)c3cc2OC(C)(C)[C@@H]1O. The second-order valence-electron chi connectivity index (χ2n) is 7.65. The van der Waals surface area contributed by atoms with E-state index in [1.165, 1.54) is 0 Å². The number of fused-ring (bicyclic) bond motifs is 2. The van der Waals surface area contributed by atoms with E-state index in [1.807, 2.05) is 45.9 Å². The molecule has 0 aliphatic carbocycles. The van der Waals surface area contributed by atoms with Crippen molar-refractivity contribution in [2.75, 3.05) is 6.54 Å². The first-order chi connectivity index (χ1) is 12.2. The molecule has 1 aliphatic heterocycles. The van der Waals surface area contributed by atoms with Crippen LogP contribution in [0.2, 0.25) is 5.15 Å². The van der Waals surface area contributed by atoms with E-state index in [1.54, 1.807) is 0 Å². The molecule has 142 valence electrons. The Kier molecular flexibility index (Phi) is 5.45. The van der Waals surface area contributed by atoms with Crippen LogP contribution in [0.3, 0.4) is 0 Å². The van der Waals surface area contributed by atoms with Crippen molar-refractivity contribution in [2.24, 2.45) is 0 Å². The number of halogens is 1. The normalized spacial score (nSPS) is 22.7. The van der Waals surface area contributed by atoms with E-state index in [2.05, 4.69) is 10.3 Å². The molecule has 0 amide bonds. The molecule has 1 aromatic heterocycles. The zero-order chi connectivity index (χ0) is 19.1. The van der Waals surface area contributed by atoms with Crippen LogP contribution in [0.1, 0.15) is 50.8 Å². The van der Waals surface area contributed by atoms with Crippen LogP contribution in [-0.2, 0) is 0 Å². The number of benzene rings is 1. The molecule has 3 rings (SSSR count). The Bertz CT molecular complexity index is 809. The van der Waals surface area contributed by atoms with Gasteiger partial charge in [0.25, 0.3) is 0 Å². The Balaban J connectivity index is 2.04. The Morgan fingerprint density at radius 2 is 2.08 bits per heavy atom. The summed E-state index contributed by atoms with van der Waals surface area (Å²) in [6.07, 6.45) is 0.419. The van der Waals surface area contributed by atoms with E-state index in [0.29, 0.717) is 11.7 Å². The summed E-state index contributed by atoms with van der Waals surface area (Å²) in [7, 11) is 0. The first-order valence-corrected chi connectivity index (χ1v) is 9.50. The van der Waals surface area contributed by atoms with E-state index in [9.17, 15) is 10.2 Å². The lowest BCUT2D eigenvalue weighted by atomic mass is 9.85. The molecule has 0 saturated heterocycles. The lowest BCUT2D eigenvalue weighted by Crippen LogP contribution is -2.53. The number of nitrogens with one attached hydrogen (secondary N) is 1. The van der Waals surface area contributed by atoms with Gasteiger partial charge in [-0.15, -0.1) is 0 Å². The zero-order valence-corrected chi connectivity index (χ0v) is 16.5. The molecule has 2 heterocycles. The molecule has 1 unspecified atom stereocenters. The van der Waals surface area contributed by atoms with Gasteiger partial charge in [0, 0.05) is 17.5 Å². The Morgan fingerprint density at radius 1 is 1.35 bits per heavy atom. The third kappa shape index (κ3) is 3.67. The molecule has 6 heteroatoms. The summed E-state index contributed by atoms with van der Waals surface area (Å²) in [6.45, 7) is 8.17. The molecule has 0 saturated carbocycles. The maximum absolute atomic E-state index is 10.9. The predicted octanol–water partition coefficient (Wildman–Crippen LogP) is 3.52. The van der Waals surface area contributed by atoms with E-state index in [0.717, 1.165) is 40.6 Å². The Labute approximate surface area is 159 Å². The van der Waals surface area contributed by atoms with Crippen LogP contribution in [0.4, 0.5) is 0 Å². The summed E-state index contributed by atoms with van der Waals surface area (Å²) in [5.74, 6) is 0.725. The largest absolute Gasteiger partial charge is 0.485 e. The number of aromatic nitrogens is 1. The number of rotatable bonds is 5. The van der Waals surface area contributed by atoms with Crippen molar-refractivity contribution < 1.29 is 14.9 Å². The van der Waals surface area contributed by atoms with Gasteiger partial charge in [0.05, 0.1) is 17.7 Å². The van der Waals surface area contributed by atoms with Gasteiger partial charge in [-0.1, -0.05) is 24.9 Å². The summed E-state index contributed by atoms with van der Waals surface area (Å²) >= 11 is 6.11. The standard InChI is InChI=1S/C20H27ClN2O3/c1-5-6-12(24)10-22-18-14-8-15-13(11(2)7-17(21)23-15)9-16(14)26-20(3,4)19(18)25/h7-9,12,18-19,22,24-25H,5-6,10H2,1-4H3/t12?,18-,19+/m0/s1. The highest BCUT2D eigenvalue weighted by molar-refractivity contribution is 6.29. The minimum atomic E-state index is -0.762. The maximum Gasteiger partial charge on any atom is 0.131 e. The molecule has 0 fully saturated rings. The fourth-order valence-corrected chi connectivity index (χ4v) is 3.82. The van der Waals surface area contributed by atoms with Crippen molar-refractivity contribution in [3.8, 4) is 5.75 Å². The van der Waals surface area contributed by atoms with Gasteiger partial charge in [-0.25, -0.2) is 4.98 Å². The number of aryl methyl sites for hydroxylation is 1. The quantitative estimate of drug-likeness (QED) is 0.694. The number of aliphatic hydroxyl groups is 2. The number of nitrogens with zero attached hydrogens (tertiary/aromatic N) is 1. The molecule has 3 atom stereocenters. The van der Waals surface area contributed by atoms with Crippen molar-refractivity contribution >= 4 is 22.5 Å². The molecule has 1 aliphatic rings. The van der Waals surface area contributed by atoms with Gasteiger partial charge in [-0.2, -0.15) is 0 Å². The first kappa shape index (κ1) is 19.4. The number of ether oxygens (including phenoxy) is 1. The summed E-state index contributed by atoms with van der Waals surface area (Å²) in [5.41, 5.74) is 1.88. The predicted molar refractivity (Wildman–Crippen MR) is 104 cm³/mol. The lowest BCUT2D eigenvalue weighted by molar-refractivity contribution is -0.0659. The Hall–Kier alpha value is -1.40. The molecule has 1 aromatic carbocycles. The van der Waals surface area contributed by atoms with Crippen LogP contribution in [0, 0.1) is 6.92 Å². The molecule has 3 N–H and O–H groups in total. The third-order valence-electron chi connectivity index (χ3n) is 5.05. The van der Waals surface area contributed by atoms with Crippen LogP contribution in [0.25, 0.3) is 10.9 Å². The van der Waals surface area contributed by atoms with Crippen LogP contribution in [0.5, 0.6) is 5.75 Å². The second kappa shape index (κ2) is 7.31. The number of aliphatic hydroxyl groups excluding tert-OH is 2. The van der Waals surface area contributed by atoms with Gasteiger partial charge in [-0.05, 0) is 51.0 Å². The van der Waals surface area contributed by atoms with Gasteiger partial charge in [0.15, 0.2) is 0 Å². The fourth-order valence-electron chi connectivity index (χ4n) is 3.56. The van der Waals surface area contributed by atoms with E-state index in [-0.39, 0.29) is 6.04 Å². The third-order valence-corrected chi connectivity index (χ3v) is 5.24. The monoisotopic (exact) mass is 378 g/mol. The molecule has 2 aromatic rings. The van der Waals surface area contributed by atoms with Crippen molar-refractivity contribution in [2.45, 2.75) is 64.4 Å². The molecule has 0 bridgehead atoms. The molecule has 0 spiro atoms. The minimum absolute atomic E-state index is 0.356. The van der Waals surface area contributed by atoms with E-state index in [4.69, 9.17) is 16.3 Å². The molecular weight excluding hydrogens is 352 g/mol. The second-order valence-corrected chi connectivity index (χ2v) is 8.04. The highest BCUT2D eigenvalue weighted by atomic mass is 35.5. The van der Waals surface area contributed by atoms with Gasteiger partial charge in [0.2, 0.25) is 0 Å². The maximum atomic E-state index is 10.9. The minimum Gasteiger partial charge on any atom is -0.485 e. The molecular formula is C20H27ClN2O3. The van der Waals surface area contributed by atoms with Gasteiger partial charge < -0.3 is 20.3 Å². The number of hydrogen-bond acceptors (Lipinski definition) is 5. The number of hydrogen-bond donors (Lipinski definition) is 3. The van der Waals surface area contributed by atoms with Crippen LogP contribution in [0.15, 0.2) is 18.2 Å². The zero-order valence-electron chi connectivity index (χ0n) is 15.7. The van der Waals surface area contributed by atoms with E-state index >= 15 is 0 Å². The highest BCUT2D eigenvalue weighted by Crippen LogP contribution is 2.42. The van der Waals surface area contributed by atoms with Gasteiger partial charge in [-0.3, -0.25) is 0 Å². The van der Waals surface area contributed by atoms with Crippen molar-refractivity contribution in [1.29, 1.82) is 0 Å². The van der Waals surface area contributed by atoms with Crippen molar-refractivity contribution in [3.63, 3.8) is 0 Å². The number of pyridine rings is 1. The van der Waals surface area contributed by atoms with Crippen molar-refractivity contribution in [1.82, 2.24) is 10.3 Å². The lowest BCUT2D eigenvalue weighted by Gasteiger charge is -2.42. The van der Waals surface area contributed by atoms with Crippen molar-refractivity contribution in [3.05, 3.63) is 34.5 Å².